The maximum atomic E-state index is 11.5. The second-order valence-corrected chi connectivity index (χ2v) is 10.2. The van der Waals surface area contributed by atoms with E-state index in [9.17, 15) is 13.0 Å². The van der Waals surface area contributed by atoms with E-state index in [1.54, 1.807) is 6.26 Å². The number of nitrogens with one attached hydrogen (secondary N) is 1. The molecule has 0 aromatic heterocycles. The Morgan fingerprint density at radius 1 is 1.18 bits per heavy atom. The third-order valence-corrected chi connectivity index (χ3v) is 6.24. The molecule has 28 heavy (non-hydrogen) atoms. The van der Waals surface area contributed by atoms with Crippen LogP contribution in [0.15, 0.2) is 62.1 Å². The van der Waals surface area contributed by atoms with Gasteiger partial charge >= 0.3 is 0 Å². The van der Waals surface area contributed by atoms with Crippen LogP contribution in [-0.2, 0) is 15.5 Å². The molecule has 2 aromatic carbocycles. The van der Waals surface area contributed by atoms with Crippen LogP contribution in [0.3, 0.4) is 0 Å². The highest BCUT2D eigenvalue weighted by Gasteiger charge is 2.16. The fourth-order valence-corrected chi connectivity index (χ4v) is 4.11. The number of amidine groups is 1. The standard InChI is InChI=1S/C19H21N3O3S3/c1-19(2,3)13-5-7-14(8-6-13)27-17-11-15(28(23,24)25)9-10-16(17)22-18(26-4)21-12-20/h5-11H,1-4H3,(H,21,22)(H,23,24,25). The van der Waals surface area contributed by atoms with E-state index in [0.29, 0.717) is 15.8 Å². The Bertz CT molecular complexity index is 1020. The van der Waals surface area contributed by atoms with Gasteiger partial charge in [0, 0.05) is 9.79 Å². The van der Waals surface area contributed by atoms with Crippen LogP contribution in [0, 0.1) is 11.5 Å². The van der Waals surface area contributed by atoms with E-state index in [1.165, 1.54) is 47.3 Å². The summed E-state index contributed by atoms with van der Waals surface area (Å²) >= 11 is 2.59. The largest absolute Gasteiger partial charge is 0.294 e. The molecule has 2 N–H and O–H groups in total. The predicted octanol–water partition coefficient (Wildman–Crippen LogP) is 4.80. The third-order valence-electron chi connectivity index (χ3n) is 3.76. The van der Waals surface area contributed by atoms with Gasteiger partial charge in [-0.25, -0.2) is 4.99 Å². The van der Waals surface area contributed by atoms with Crippen molar-refractivity contribution >= 4 is 44.5 Å². The number of benzene rings is 2. The van der Waals surface area contributed by atoms with Gasteiger partial charge in [0.2, 0.25) is 0 Å². The summed E-state index contributed by atoms with van der Waals surface area (Å²) in [4.78, 5) is 5.63. The first-order valence-electron chi connectivity index (χ1n) is 8.22. The first kappa shape index (κ1) is 22.3. The third kappa shape index (κ3) is 6.01. The molecule has 6 nitrogen and oxygen atoms in total. The van der Waals surface area contributed by atoms with E-state index in [1.807, 2.05) is 30.5 Å². The molecule has 0 unspecified atom stereocenters. The fraction of sp³-hybridized carbons (Fsp3) is 0.263. The molecule has 0 aliphatic rings. The fourth-order valence-electron chi connectivity index (χ4n) is 2.26. The van der Waals surface area contributed by atoms with Crippen molar-refractivity contribution in [1.82, 2.24) is 5.32 Å². The van der Waals surface area contributed by atoms with Gasteiger partial charge in [-0.3, -0.25) is 9.87 Å². The van der Waals surface area contributed by atoms with Gasteiger partial charge in [0.25, 0.3) is 10.1 Å². The van der Waals surface area contributed by atoms with E-state index < -0.39 is 10.1 Å². The second-order valence-electron chi connectivity index (χ2n) is 6.84. The lowest BCUT2D eigenvalue weighted by atomic mass is 9.87. The van der Waals surface area contributed by atoms with Crippen LogP contribution in [0.25, 0.3) is 0 Å². The summed E-state index contributed by atoms with van der Waals surface area (Å²) < 4.78 is 32.4. The van der Waals surface area contributed by atoms with Gasteiger partial charge in [0.05, 0.1) is 10.6 Å². The van der Waals surface area contributed by atoms with Crippen molar-refractivity contribution in [2.24, 2.45) is 4.99 Å². The lowest BCUT2D eigenvalue weighted by molar-refractivity contribution is 0.483. The zero-order valence-electron chi connectivity index (χ0n) is 15.9. The molecule has 2 rings (SSSR count). The molecule has 0 radical (unpaired) electrons. The van der Waals surface area contributed by atoms with Crippen molar-refractivity contribution < 1.29 is 13.0 Å². The lowest BCUT2D eigenvalue weighted by Gasteiger charge is -2.19. The van der Waals surface area contributed by atoms with E-state index in [2.05, 4.69) is 31.1 Å². The Morgan fingerprint density at radius 2 is 1.82 bits per heavy atom. The minimum Gasteiger partial charge on any atom is -0.282 e. The average molecular weight is 436 g/mol. The van der Waals surface area contributed by atoms with Gasteiger partial charge < -0.3 is 0 Å². The van der Waals surface area contributed by atoms with Crippen LogP contribution in [-0.4, -0.2) is 24.4 Å². The van der Waals surface area contributed by atoms with E-state index in [-0.39, 0.29) is 10.3 Å². The molecule has 148 valence electrons. The minimum absolute atomic E-state index is 0.0275. The first-order valence-corrected chi connectivity index (χ1v) is 11.7. The summed E-state index contributed by atoms with van der Waals surface area (Å²) in [5, 5.41) is 11.7. The topological polar surface area (TPSA) is 103 Å². The highest BCUT2D eigenvalue weighted by atomic mass is 32.2. The zero-order chi connectivity index (χ0) is 20.9. The first-order chi connectivity index (χ1) is 13.0. The van der Waals surface area contributed by atoms with Crippen LogP contribution < -0.4 is 5.32 Å². The Morgan fingerprint density at radius 3 is 2.32 bits per heavy atom. The quantitative estimate of drug-likeness (QED) is 0.234. The highest BCUT2D eigenvalue weighted by Crippen LogP contribution is 2.38. The molecule has 9 heteroatoms. The SMILES string of the molecule is CSC(=Nc1ccc(S(=O)(=O)O)cc1Sc1ccc(C(C)(C)C)cc1)NC#N. The Hall–Kier alpha value is -1.99. The lowest BCUT2D eigenvalue weighted by Crippen LogP contribution is -2.12. The van der Waals surface area contributed by atoms with Crippen molar-refractivity contribution in [2.45, 2.75) is 40.9 Å². The summed E-state index contributed by atoms with van der Waals surface area (Å²) in [7, 11) is -4.34. The molecular formula is C19H21N3O3S3. The van der Waals surface area contributed by atoms with Gasteiger partial charge in [0.1, 0.15) is 0 Å². The van der Waals surface area contributed by atoms with Crippen molar-refractivity contribution in [3.05, 3.63) is 48.0 Å². The highest BCUT2D eigenvalue weighted by molar-refractivity contribution is 8.13. The summed E-state index contributed by atoms with van der Waals surface area (Å²) in [6, 6.07) is 12.1. The van der Waals surface area contributed by atoms with Gasteiger partial charge in [-0.1, -0.05) is 56.4 Å². The van der Waals surface area contributed by atoms with Crippen molar-refractivity contribution in [3.8, 4) is 6.19 Å². The summed E-state index contributed by atoms with van der Waals surface area (Å²) in [6.07, 6.45) is 3.59. The number of nitriles is 1. The smallest absolute Gasteiger partial charge is 0.282 e. The molecule has 0 heterocycles. The van der Waals surface area contributed by atoms with E-state index in [0.717, 1.165) is 4.90 Å². The van der Waals surface area contributed by atoms with Crippen LogP contribution in [0.5, 0.6) is 0 Å². The number of thioether (sulfide) groups is 1. The number of hydrogen-bond donors (Lipinski definition) is 2. The van der Waals surface area contributed by atoms with Crippen LogP contribution >= 0.6 is 23.5 Å². The molecule has 0 spiro atoms. The van der Waals surface area contributed by atoms with Gasteiger partial charge in [0.15, 0.2) is 11.4 Å². The van der Waals surface area contributed by atoms with Crippen LogP contribution in [0.2, 0.25) is 0 Å². The van der Waals surface area contributed by atoms with E-state index >= 15 is 0 Å². The van der Waals surface area contributed by atoms with Gasteiger partial charge in [-0.2, -0.15) is 13.7 Å². The molecule has 0 aliphatic heterocycles. The zero-order valence-corrected chi connectivity index (χ0v) is 18.4. The maximum absolute atomic E-state index is 11.5. The molecule has 0 amide bonds. The minimum atomic E-state index is -4.34. The Balaban J connectivity index is 2.48. The molecule has 0 atom stereocenters. The normalized spacial score (nSPS) is 12.5. The Kier molecular flexibility index (Phi) is 7.17. The van der Waals surface area contributed by atoms with E-state index in [4.69, 9.17) is 5.26 Å². The number of hydrogen-bond acceptors (Lipinski definition) is 6. The molecule has 0 fully saturated rings. The molecule has 0 bridgehead atoms. The summed E-state index contributed by atoms with van der Waals surface area (Å²) in [5.74, 6) is 0. The molecule has 2 aromatic rings. The van der Waals surface area contributed by atoms with Gasteiger partial charge in [-0.05, 0) is 47.6 Å². The number of nitrogens with zero attached hydrogens (tertiary/aromatic N) is 2. The predicted molar refractivity (Wildman–Crippen MR) is 115 cm³/mol. The average Bonchev–Trinajstić information content (AvgIpc) is 2.61. The van der Waals surface area contributed by atoms with Crippen molar-refractivity contribution in [2.75, 3.05) is 6.26 Å². The molecule has 0 saturated carbocycles. The maximum Gasteiger partial charge on any atom is 0.294 e. The van der Waals surface area contributed by atoms with Crippen molar-refractivity contribution in [1.29, 1.82) is 5.26 Å². The summed E-state index contributed by atoms with van der Waals surface area (Å²) in [6.45, 7) is 6.39. The van der Waals surface area contributed by atoms with Crippen LogP contribution in [0.1, 0.15) is 26.3 Å². The van der Waals surface area contributed by atoms with Gasteiger partial charge in [-0.15, -0.1) is 0 Å². The molecule has 0 saturated heterocycles. The number of aliphatic imine (C=N–C) groups is 1. The molecule has 0 aliphatic carbocycles. The number of rotatable bonds is 4. The van der Waals surface area contributed by atoms with Crippen LogP contribution in [0.4, 0.5) is 5.69 Å². The second kappa shape index (κ2) is 9.01. The Labute approximate surface area is 174 Å². The molecular weight excluding hydrogens is 414 g/mol. The monoisotopic (exact) mass is 435 g/mol. The summed E-state index contributed by atoms with van der Waals surface area (Å²) in [5.41, 5.74) is 1.70. The van der Waals surface area contributed by atoms with Crippen molar-refractivity contribution in [3.63, 3.8) is 0 Å².